The molecule has 9 rings (SSSR count). The largest absolute Gasteiger partial charge is 0.455 e. The highest BCUT2D eigenvalue weighted by Crippen LogP contribution is 2.44. The number of pyridine rings is 1. The van der Waals surface area contributed by atoms with Gasteiger partial charge in [-0.1, -0.05) is 30.2 Å². The first-order valence-electron chi connectivity index (χ1n) is 20.7. The fourth-order valence-corrected chi connectivity index (χ4v) is 10.6. The van der Waals surface area contributed by atoms with Gasteiger partial charge in [0.15, 0.2) is 0 Å². The Balaban J connectivity index is 0.925. The number of H-pyrrole nitrogens is 1. The lowest BCUT2D eigenvalue weighted by molar-refractivity contribution is -0.384. The number of nitro benzene ring substituents is 1. The van der Waals surface area contributed by atoms with Crippen molar-refractivity contribution in [1.29, 1.82) is 0 Å². The van der Waals surface area contributed by atoms with Crippen LogP contribution in [0.1, 0.15) is 72.5 Å². The van der Waals surface area contributed by atoms with Crippen LogP contribution in [0.3, 0.4) is 0 Å². The SMILES string of the molecule is O=C(NS(=O)(=O)c1ccc(NCC2CCC3(CC2)COC3)c([N+](=O)[O-])c1)c1ccc(N2CCN([C@@H]3CCCCc4c(Cl)cccc43)CC2)cc1Oc1cnc2[nH]ccc2c1. The van der Waals surface area contributed by atoms with Gasteiger partial charge in [-0.3, -0.25) is 19.8 Å². The number of halogens is 1. The van der Waals surface area contributed by atoms with Gasteiger partial charge in [-0.2, -0.15) is 0 Å². The fourth-order valence-electron chi connectivity index (χ4n) is 9.34. The molecule has 4 heterocycles. The van der Waals surface area contributed by atoms with Gasteiger partial charge in [0, 0.05) is 78.6 Å². The summed E-state index contributed by atoms with van der Waals surface area (Å²) in [6, 6.07) is 18.9. The quantitative estimate of drug-likeness (QED) is 0.0664. The number of amides is 1. The number of carbonyl (C=O) groups is 1. The number of carbonyl (C=O) groups excluding carboxylic acids is 1. The van der Waals surface area contributed by atoms with Crippen molar-refractivity contribution < 1.29 is 27.6 Å². The summed E-state index contributed by atoms with van der Waals surface area (Å²) in [5, 5.41) is 17.0. The van der Waals surface area contributed by atoms with E-state index in [1.807, 2.05) is 18.2 Å². The van der Waals surface area contributed by atoms with Crippen molar-refractivity contribution >= 4 is 55.6 Å². The van der Waals surface area contributed by atoms with E-state index in [1.54, 1.807) is 30.5 Å². The van der Waals surface area contributed by atoms with Crippen LogP contribution in [0.4, 0.5) is 17.1 Å². The number of piperazine rings is 1. The normalized spacial score (nSPS) is 19.6. The molecule has 0 unspecified atom stereocenters. The monoisotopic (exact) mass is 853 g/mol. The molecule has 1 amide bonds. The van der Waals surface area contributed by atoms with E-state index in [9.17, 15) is 23.3 Å². The Labute approximate surface area is 353 Å². The molecule has 16 heteroatoms. The molecule has 2 aliphatic carbocycles. The van der Waals surface area contributed by atoms with Crippen molar-refractivity contribution in [3.8, 4) is 11.5 Å². The number of nitro groups is 1. The minimum atomic E-state index is -4.55. The van der Waals surface area contributed by atoms with E-state index in [0.717, 1.165) is 113 Å². The molecule has 3 N–H and O–H groups in total. The number of fused-ring (bicyclic) bond motifs is 2. The first-order valence-corrected chi connectivity index (χ1v) is 22.6. The molecule has 5 aromatic rings. The van der Waals surface area contributed by atoms with E-state index < -0.39 is 31.4 Å². The van der Waals surface area contributed by atoms with Gasteiger partial charge in [-0.15, -0.1) is 0 Å². The smallest absolute Gasteiger partial charge is 0.293 e. The third-order valence-corrected chi connectivity index (χ3v) is 14.6. The predicted octanol–water partition coefficient (Wildman–Crippen LogP) is 8.24. The zero-order chi connectivity index (χ0) is 41.4. The minimum Gasteiger partial charge on any atom is -0.455 e. The maximum atomic E-state index is 13.9. The molecule has 3 aromatic carbocycles. The van der Waals surface area contributed by atoms with Crippen LogP contribution in [-0.2, 0) is 21.2 Å². The van der Waals surface area contributed by atoms with Gasteiger partial charge in [-0.25, -0.2) is 18.1 Å². The Morgan fingerprint density at radius 3 is 2.60 bits per heavy atom. The second kappa shape index (κ2) is 16.7. The van der Waals surface area contributed by atoms with E-state index in [2.05, 4.69) is 35.9 Å². The summed E-state index contributed by atoms with van der Waals surface area (Å²) in [6.45, 7) is 5.23. The average Bonchev–Trinajstić information content (AvgIpc) is 3.60. The first kappa shape index (κ1) is 40.2. The Morgan fingerprint density at radius 2 is 1.83 bits per heavy atom. The lowest BCUT2D eigenvalue weighted by atomic mass is 9.69. The Hall–Kier alpha value is -5.22. The van der Waals surface area contributed by atoms with Gasteiger partial charge in [0.25, 0.3) is 21.6 Å². The van der Waals surface area contributed by atoms with Gasteiger partial charge in [0.05, 0.1) is 34.8 Å². The molecule has 4 aliphatic rings. The van der Waals surface area contributed by atoms with Crippen LogP contribution in [0.2, 0.25) is 5.02 Å². The third kappa shape index (κ3) is 8.27. The van der Waals surface area contributed by atoms with Crippen LogP contribution < -0.4 is 19.7 Å². The summed E-state index contributed by atoms with van der Waals surface area (Å²) in [4.78, 5) is 37.3. The number of aromatic amines is 1. The number of hydrogen-bond donors (Lipinski definition) is 3. The molecule has 2 aromatic heterocycles. The molecule has 2 aliphatic heterocycles. The summed E-state index contributed by atoms with van der Waals surface area (Å²) < 4.78 is 41.3. The maximum absolute atomic E-state index is 13.9. The molecular weight excluding hydrogens is 806 g/mol. The number of nitrogens with zero attached hydrogens (tertiary/aromatic N) is 4. The number of sulfonamides is 1. The Morgan fingerprint density at radius 1 is 1.02 bits per heavy atom. The number of benzene rings is 3. The van der Waals surface area contributed by atoms with E-state index in [4.69, 9.17) is 21.1 Å². The van der Waals surface area contributed by atoms with Gasteiger partial charge in [0.1, 0.15) is 22.8 Å². The van der Waals surface area contributed by atoms with E-state index >= 15 is 0 Å². The molecule has 60 heavy (non-hydrogen) atoms. The summed E-state index contributed by atoms with van der Waals surface area (Å²) in [6.07, 6.45) is 11.7. The molecule has 1 saturated carbocycles. The highest BCUT2D eigenvalue weighted by molar-refractivity contribution is 7.90. The predicted molar refractivity (Wildman–Crippen MR) is 230 cm³/mol. The molecule has 14 nitrogen and oxygen atoms in total. The van der Waals surface area contributed by atoms with Gasteiger partial charge in [0.2, 0.25) is 0 Å². The van der Waals surface area contributed by atoms with Crippen LogP contribution in [0.5, 0.6) is 11.5 Å². The lowest BCUT2D eigenvalue weighted by Gasteiger charge is -2.46. The highest BCUT2D eigenvalue weighted by atomic mass is 35.5. The molecule has 2 saturated heterocycles. The van der Waals surface area contributed by atoms with Crippen LogP contribution in [-0.4, -0.2) is 80.1 Å². The van der Waals surface area contributed by atoms with Crippen LogP contribution in [0, 0.1) is 21.4 Å². The summed E-state index contributed by atoms with van der Waals surface area (Å²) in [5.41, 5.74) is 4.14. The summed E-state index contributed by atoms with van der Waals surface area (Å²) in [7, 11) is -4.55. The summed E-state index contributed by atoms with van der Waals surface area (Å²) >= 11 is 6.65. The number of anilines is 2. The van der Waals surface area contributed by atoms with Gasteiger partial charge >= 0.3 is 0 Å². The van der Waals surface area contributed by atoms with Gasteiger partial charge in [-0.05, 0) is 104 Å². The van der Waals surface area contributed by atoms with Crippen molar-refractivity contribution in [3.63, 3.8) is 0 Å². The standard InChI is InChI=1S/C44H48ClN7O7S/c45-37-6-3-5-35-34(37)4-1-2-7-39(35)51-20-18-50(19-21-51)31-8-10-36(41(23-31)59-32-22-30-14-17-46-42(30)48-26-32)43(53)49-60(56,57)33-9-11-38(40(24-33)52(54)55)47-25-29-12-15-44(16-13-29)27-58-28-44/h3,5-6,8-11,14,17,22-24,26,29,39,47H,1-2,4,7,12-13,15-16,18-21,25,27-28H2,(H,46,48)(H,49,53)/t39-/m1/s1. The van der Waals surface area contributed by atoms with Crippen LogP contribution in [0.15, 0.2) is 84.0 Å². The van der Waals surface area contributed by atoms with Gasteiger partial charge < -0.3 is 24.7 Å². The molecular formula is C44H48ClN7O7S. The van der Waals surface area contributed by atoms with Crippen molar-refractivity contribution in [1.82, 2.24) is 19.6 Å². The number of hydrogen-bond acceptors (Lipinski definition) is 11. The highest BCUT2D eigenvalue weighted by Gasteiger charge is 2.41. The number of ether oxygens (including phenoxy) is 2. The second-order valence-electron chi connectivity index (χ2n) is 16.6. The van der Waals surface area contributed by atoms with Crippen LogP contribution in [0.25, 0.3) is 11.0 Å². The first-order chi connectivity index (χ1) is 29.0. The van der Waals surface area contributed by atoms with E-state index in [0.29, 0.717) is 29.3 Å². The maximum Gasteiger partial charge on any atom is 0.293 e. The topological polar surface area (TPSA) is 172 Å². The zero-order valence-corrected chi connectivity index (χ0v) is 34.8. The van der Waals surface area contributed by atoms with Crippen molar-refractivity contribution in [2.24, 2.45) is 11.3 Å². The fraction of sp³-hybridized carbons (Fsp3) is 0.409. The minimum absolute atomic E-state index is 0.0300. The lowest BCUT2D eigenvalue weighted by Crippen LogP contribution is -2.47. The number of rotatable bonds is 11. The Kier molecular flexibility index (Phi) is 11.2. The van der Waals surface area contributed by atoms with Crippen molar-refractivity contribution in [3.05, 3.63) is 111 Å². The van der Waals surface area contributed by atoms with Crippen molar-refractivity contribution in [2.45, 2.75) is 62.3 Å². The Bertz CT molecular complexity index is 2530. The summed E-state index contributed by atoms with van der Waals surface area (Å²) in [5.74, 6) is -0.110. The van der Waals surface area contributed by atoms with Crippen LogP contribution >= 0.6 is 11.6 Å². The van der Waals surface area contributed by atoms with Crippen molar-refractivity contribution in [2.75, 3.05) is 56.2 Å². The molecule has 3 fully saturated rings. The molecule has 0 bridgehead atoms. The second-order valence-corrected chi connectivity index (χ2v) is 18.7. The number of aromatic nitrogens is 2. The molecule has 314 valence electrons. The van der Waals surface area contributed by atoms with E-state index in [-0.39, 0.29) is 23.0 Å². The van der Waals surface area contributed by atoms with E-state index in [1.165, 1.54) is 29.5 Å². The molecule has 1 atom stereocenters. The molecule has 0 radical (unpaired) electrons. The average molecular weight is 854 g/mol. The third-order valence-electron chi connectivity index (χ3n) is 12.9. The zero-order valence-electron chi connectivity index (χ0n) is 33.2. The number of nitrogens with one attached hydrogen (secondary N) is 3. The molecule has 1 spiro atoms.